The van der Waals surface area contributed by atoms with Crippen LogP contribution in [0.1, 0.15) is 34.4 Å². The second-order valence-electron chi connectivity index (χ2n) is 7.58. The SMILES string of the molecule is COc1ccc2c(c1OC)CO[C@H]2[C@@H]1c2c(c(Br)c3c(c2OC)OCO3)CCN1C. The van der Waals surface area contributed by atoms with Gasteiger partial charge in [-0.15, -0.1) is 0 Å². The molecule has 0 spiro atoms. The van der Waals surface area contributed by atoms with Crippen molar-refractivity contribution >= 4 is 15.9 Å². The van der Waals surface area contributed by atoms with E-state index in [4.69, 9.17) is 28.4 Å². The third-order valence-corrected chi connectivity index (χ3v) is 7.07. The Morgan fingerprint density at radius 3 is 2.50 bits per heavy atom. The first-order valence-electron chi connectivity index (χ1n) is 9.84. The molecule has 0 amide bonds. The molecule has 0 unspecified atom stereocenters. The lowest BCUT2D eigenvalue weighted by Crippen LogP contribution is -2.36. The van der Waals surface area contributed by atoms with Crippen LogP contribution in [-0.2, 0) is 17.8 Å². The van der Waals surface area contributed by atoms with Gasteiger partial charge in [0.05, 0.1) is 38.5 Å². The van der Waals surface area contributed by atoms with Gasteiger partial charge in [0.15, 0.2) is 23.0 Å². The minimum atomic E-state index is -0.176. The fourth-order valence-corrected chi connectivity index (χ4v) is 5.57. The minimum absolute atomic E-state index is 0.0474. The van der Waals surface area contributed by atoms with Gasteiger partial charge < -0.3 is 28.4 Å². The predicted molar refractivity (Wildman–Crippen MR) is 113 cm³/mol. The molecule has 7 nitrogen and oxygen atoms in total. The third kappa shape index (κ3) is 2.70. The van der Waals surface area contributed by atoms with E-state index in [9.17, 15) is 0 Å². The summed E-state index contributed by atoms with van der Waals surface area (Å²) in [5.74, 6) is 3.52. The lowest BCUT2D eigenvalue weighted by molar-refractivity contribution is -0.00488. The lowest BCUT2D eigenvalue weighted by atomic mass is 9.85. The van der Waals surface area contributed by atoms with Gasteiger partial charge in [0.25, 0.3) is 0 Å². The van der Waals surface area contributed by atoms with Gasteiger partial charge in [-0.3, -0.25) is 4.90 Å². The van der Waals surface area contributed by atoms with Gasteiger partial charge in [-0.05, 0) is 46.6 Å². The quantitative estimate of drug-likeness (QED) is 0.659. The number of fused-ring (bicyclic) bond motifs is 3. The van der Waals surface area contributed by atoms with Crippen molar-refractivity contribution in [3.05, 3.63) is 38.9 Å². The van der Waals surface area contributed by atoms with Crippen molar-refractivity contribution in [3.8, 4) is 28.7 Å². The van der Waals surface area contributed by atoms with Gasteiger partial charge in [0.2, 0.25) is 12.5 Å². The van der Waals surface area contributed by atoms with Gasteiger partial charge in [-0.25, -0.2) is 0 Å². The van der Waals surface area contributed by atoms with Crippen molar-refractivity contribution in [3.63, 3.8) is 0 Å². The number of hydrogen-bond acceptors (Lipinski definition) is 7. The normalized spacial score (nSPS) is 21.9. The maximum Gasteiger partial charge on any atom is 0.231 e. The van der Waals surface area contributed by atoms with Crippen molar-refractivity contribution in [2.45, 2.75) is 25.2 Å². The van der Waals surface area contributed by atoms with E-state index in [2.05, 4.69) is 33.9 Å². The molecule has 30 heavy (non-hydrogen) atoms. The molecule has 0 radical (unpaired) electrons. The Hall–Kier alpha value is -2.16. The monoisotopic (exact) mass is 477 g/mol. The van der Waals surface area contributed by atoms with Gasteiger partial charge in [0, 0.05) is 17.7 Å². The first-order chi connectivity index (χ1) is 14.6. The van der Waals surface area contributed by atoms with Crippen molar-refractivity contribution < 1.29 is 28.4 Å². The largest absolute Gasteiger partial charge is 0.493 e. The van der Waals surface area contributed by atoms with Crippen molar-refractivity contribution in [2.75, 3.05) is 41.7 Å². The van der Waals surface area contributed by atoms with Crippen LogP contribution < -0.4 is 23.7 Å². The second-order valence-corrected chi connectivity index (χ2v) is 8.37. The average Bonchev–Trinajstić information content (AvgIpc) is 3.41. The molecule has 8 heteroatoms. The van der Waals surface area contributed by atoms with E-state index in [-0.39, 0.29) is 18.9 Å². The molecule has 0 saturated carbocycles. The van der Waals surface area contributed by atoms with E-state index in [0.29, 0.717) is 23.9 Å². The average molecular weight is 478 g/mol. The van der Waals surface area contributed by atoms with E-state index in [1.54, 1.807) is 21.3 Å². The molecule has 2 aromatic rings. The third-order valence-electron chi connectivity index (χ3n) is 6.23. The molecule has 160 valence electrons. The highest BCUT2D eigenvalue weighted by molar-refractivity contribution is 9.10. The predicted octanol–water partition coefficient (Wildman–Crippen LogP) is 4.00. The summed E-state index contributed by atoms with van der Waals surface area (Å²) in [5, 5.41) is 0. The number of benzene rings is 2. The number of hydrogen-bond donors (Lipinski definition) is 0. The molecule has 3 aliphatic heterocycles. The van der Waals surface area contributed by atoms with Gasteiger partial charge in [0.1, 0.15) is 6.10 Å². The van der Waals surface area contributed by atoms with Gasteiger partial charge >= 0.3 is 0 Å². The molecule has 0 N–H and O–H groups in total. The van der Waals surface area contributed by atoms with Crippen LogP contribution in [0.2, 0.25) is 0 Å². The van der Waals surface area contributed by atoms with E-state index >= 15 is 0 Å². The first-order valence-corrected chi connectivity index (χ1v) is 10.6. The molecule has 0 aliphatic carbocycles. The maximum absolute atomic E-state index is 6.37. The van der Waals surface area contributed by atoms with Crippen molar-refractivity contribution in [2.24, 2.45) is 0 Å². The number of ether oxygens (including phenoxy) is 6. The smallest absolute Gasteiger partial charge is 0.231 e. The summed E-state index contributed by atoms with van der Waals surface area (Å²) >= 11 is 3.75. The standard InChI is InChI=1S/C22H24BrNO6/c1-24-8-7-12-15(20(27-4)22-21(16(12)23)29-10-30-22)17(24)19-11-5-6-14(25-2)18(26-3)13(11)9-28-19/h5-6,17,19H,7-10H2,1-4H3/t17-,19+/m0/s1. The number of likely N-dealkylation sites (N-methyl/N-ethyl adjacent to an activating group) is 1. The molecule has 3 heterocycles. The summed E-state index contributed by atoms with van der Waals surface area (Å²) in [5.41, 5.74) is 4.39. The van der Waals surface area contributed by atoms with Crippen LogP contribution in [-0.4, -0.2) is 46.6 Å². The fraction of sp³-hybridized carbons (Fsp3) is 0.455. The molecular weight excluding hydrogens is 454 g/mol. The summed E-state index contributed by atoms with van der Waals surface area (Å²) in [7, 11) is 7.10. The Balaban J connectivity index is 1.68. The molecule has 3 aliphatic rings. The number of methoxy groups -OCH3 is 3. The Kier molecular flexibility index (Phi) is 4.95. The number of halogens is 1. The van der Waals surface area contributed by atoms with Crippen molar-refractivity contribution in [1.82, 2.24) is 4.90 Å². The van der Waals surface area contributed by atoms with Crippen LogP contribution in [0.3, 0.4) is 0 Å². The zero-order valence-corrected chi connectivity index (χ0v) is 19.0. The summed E-state index contributed by atoms with van der Waals surface area (Å²) in [6.07, 6.45) is 0.701. The Morgan fingerprint density at radius 1 is 1.00 bits per heavy atom. The molecule has 0 fully saturated rings. The first kappa shape index (κ1) is 19.8. The van der Waals surface area contributed by atoms with Crippen LogP contribution in [0.5, 0.6) is 28.7 Å². The lowest BCUT2D eigenvalue weighted by Gasteiger charge is -2.39. The highest BCUT2D eigenvalue weighted by atomic mass is 79.9. The summed E-state index contributed by atoms with van der Waals surface area (Å²) in [6.45, 7) is 1.54. The van der Waals surface area contributed by atoms with Gasteiger partial charge in [-0.1, -0.05) is 6.07 Å². The topological polar surface area (TPSA) is 58.6 Å². The summed E-state index contributed by atoms with van der Waals surface area (Å²) < 4.78 is 35.8. The molecule has 2 aromatic carbocycles. The fourth-order valence-electron chi connectivity index (χ4n) is 4.86. The summed E-state index contributed by atoms with van der Waals surface area (Å²) in [4.78, 5) is 2.32. The molecule has 5 rings (SSSR count). The molecule has 0 aromatic heterocycles. The molecule has 0 saturated heterocycles. The minimum Gasteiger partial charge on any atom is -0.493 e. The molecule has 0 bridgehead atoms. The van der Waals surface area contributed by atoms with Crippen LogP contribution in [0, 0.1) is 0 Å². The second kappa shape index (κ2) is 7.51. The molecular formula is C22H24BrNO6. The Bertz CT molecular complexity index is 1010. The Morgan fingerprint density at radius 2 is 1.77 bits per heavy atom. The van der Waals surface area contributed by atoms with Gasteiger partial charge in [-0.2, -0.15) is 0 Å². The molecule has 2 atom stereocenters. The van der Waals surface area contributed by atoms with Crippen LogP contribution >= 0.6 is 15.9 Å². The van der Waals surface area contributed by atoms with Crippen molar-refractivity contribution in [1.29, 1.82) is 0 Å². The maximum atomic E-state index is 6.37. The summed E-state index contributed by atoms with van der Waals surface area (Å²) in [6, 6.07) is 3.97. The van der Waals surface area contributed by atoms with Crippen LogP contribution in [0.15, 0.2) is 16.6 Å². The number of rotatable bonds is 4. The van der Waals surface area contributed by atoms with Crippen LogP contribution in [0.25, 0.3) is 0 Å². The van der Waals surface area contributed by atoms with Crippen LogP contribution in [0.4, 0.5) is 0 Å². The Labute approximate surface area is 183 Å². The van der Waals surface area contributed by atoms with E-state index in [1.807, 2.05) is 6.07 Å². The highest BCUT2D eigenvalue weighted by Crippen LogP contribution is 2.57. The van der Waals surface area contributed by atoms with E-state index < -0.39 is 0 Å². The highest BCUT2D eigenvalue weighted by Gasteiger charge is 2.43. The zero-order chi connectivity index (χ0) is 21.0. The van der Waals surface area contributed by atoms with E-state index in [1.165, 1.54) is 5.56 Å². The van der Waals surface area contributed by atoms with E-state index in [0.717, 1.165) is 45.6 Å². The zero-order valence-electron chi connectivity index (χ0n) is 17.4. The number of nitrogens with zero attached hydrogens (tertiary/aromatic N) is 1.